The maximum atomic E-state index is 12.3. The summed E-state index contributed by atoms with van der Waals surface area (Å²) in [6.45, 7) is 2.43. The molecule has 3 aromatic rings. The van der Waals surface area contributed by atoms with Gasteiger partial charge in [0.05, 0.1) is 16.4 Å². The third-order valence-electron chi connectivity index (χ3n) is 3.71. The molecule has 0 unspecified atom stereocenters. The number of hydrogen-bond acceptors (Lipinski definition) is 6. The monoisotopic (exact) mass is 373 g/mol. The van der Waals surface area contributed by atoms with Crippen molar-refractivity contribution >= 4 is 21.7 Å². The molecule has 134 valence electrons. The zero-order valence-corrected chi connectivity index (χ0v) is 14.5. The predicted molar refractivity (Wildman–Crippen MR) is 94.2 cm³/mol. The lowest BCUT2D eigenvalue weighted by Crippen LogP contribution is -2.14. The number of nitrogens with zero attached hydrogens (tertiary/aromatic N) is 4. The van der Waals surface area contributed by atoms with Crippen molar-refractivity contribution in [2.45, 2.75) is 18.4 Å². The third-order valence-corrected chi connectivity index (χ3v) is 5.06. The highest BCUT2D eigenvalue weighted by molar-refractivity contribution is 7.92. The fourth-order valence-corrected chi connectivity index (χ4v) is 3.25. The zero-order chi connectivity index (χ0) is 18.7. The maximum Gasteiger partial charge on any atom is 0.269 e. The van der Waals surface area contributed by atoms with Crippen LogP contribution in [0, 0.1) is 17.0 Å². The molecular weight excluding hydrogens is 358 g/mol. The van der Waals surface area contributed by atoms with E-state index in [4.69, 9.17) is 0 Å². The number of aryl methyl sites for hydroxylation is 1. The summed E-state index contributed by atoms with van der Waals surface area (Å²) in [5.41, 5.74) is 1.95. The SMILES string of the molecule is Cc1ccccc1Cn1cnc(NS(=O)(=O)c2ccc([N+](=O)[O-])cc2)n1. The van der Waals surface area contributed by atoms with Crippen molar-refractivity contribution in [1.82, 2.24) is 14.8 Å². The standard InChI is InChI=1S/C16H15N5O4S/c1-12-4-2-3-5-13(12)10-20-11-17-16(18-20)19-26(24,25)15-8-6-14(7-9-15)21(22)23/h2-9,11H,10H2,1H3,(H,18,19). The molecule has 0 atom stereocenters. The minimum Gasteiger partial charge on any atom is -0.258 e. The van der Waals surface area contributed by atoms with Crippen LogP contribution in [0.2, 0.25) is 0 Å². The van der Waals surface area contributed by atoms with Gasteiger partial charge < -0.3 is 0 Å². The van der Waals surface area contributed by atoms with Crippen molar-refractivity contribution < 1.29 is 13.3 Å². The minimum atomic E-state index is -3.93. The number of nitro groups is 1. The first-order valence-electron chi connectivity index (χ1n) is 7.56. The lowest BCUT2D eigenvalue weighted by atomic mass is 10.1. The van der Waals surface area contributed by atoms with Gasteiger partial charge in [-0.05, 0) is 30.2 Å². The molecule has 3 rings (SSSR count). The molecule has 10 heteroatoms. The van der Waals surface area contributed by atoms with Gasteiger partial charge in [0.25, 0.3) is 21.7 Å². The fraction of sp³-hybridized carbons (Fsp3) is 0.125. The Bertz CT molecular complexity index is 1040. The topological polar surface area (TPSA) is 120 Å². The molecule has 1 aromatic heterocycles. The van der Waals surface area contributed by atoms with Crippen LogP contribution in [0.1, 0.15) is 11.1 Å². The lowest BCUT2D eigenvalue weighted by Gasteiger charge is -2.05. The summed E-state index contributed by atoms with van der Waals surface area (Å²) in [5.74, 6) is -0.0723. The Balaban J connectivity index is 1.75. The number of nitro benzene ring substituents is 1. The number of non-ortho nitro benzene ring substituents is 1. The Labute approximate surface area is 149 Å². The first-order valence-corrected chi connectivity index (χ1v) is 9.05. The summed E-state index contributed by atoms with van der Waals surface area (Å²) in [6, 6.07) is 12.3. The molecule has 9 nitrogen and oxygen atoms in total. The molecule has 0 aliphatic heterocycles. The van der Waals surface area contributed by atoms with Gasteiger partial charge in [-0.2, -0.15) is 4.98 Å². The minimum absolute atomic E-state index is 0.0723. The molecule has 26 heavy (non-hydrogen) atoms. The third kappa shape index (κ3) is 3.86. The van der Waals surface area contributed by atoms with Gasteiger partial charge in [0.2, 0.25) is 0 Å². The van der Waals surface area contributed by atoms with Crippen LogP contribution >= 0.6 is 0 Å². The molecule has 0 saturated carbocycles. The van der Waals surface area contributed by atoms with E-state index in [0.717, 1.165) is 35.4 Å². The molecule has 2 aromatic carbocycles. The molecule has 1 N–H and O–H groups in total. The zero-order valence-electron chi connectivity index (χ0n) is 13.7. The van der Waals surface area contributed by atoms with Gasteiger partial charge in [-0.15, -0.1) is 5.10 Å². The van der Waals surface area contributed by atoms with Gasteiger partial charge in [0, 0.05) is 12.1 Å². The Hall–Kier alpha value is -3.27. The molecule has 0 radical (unpaired) electrons. The predicted octanol–water partition coefficient (Wildman–Crippen LogP) is 2.34. The summed E-state index contributed by atoms with van der Waals surface area (Å²) in [6.07, 6.45) is 1.43. The maximum absolute atomic E-state index is 12.3. The quantitative estimate of drug-likeness (QED) is 0.523. The van der Waals surface area contributed by atoms with E-state index in [1.165, 1.54) is 11.0 Å². The van der Waals surface area contributed by atoms with E-state index in [2.05, 4.69) is 14.8 Å². The first kappa shape index (κ1) is 17.5. The van der Waals surface area contributed by atoms with E-state index in [-0.39, 0.29) is 16.5 Å². The van der Waals surface area contributed by atoms with Crippen molar-refractivity contribution in [3.63, 3.8) is 0 Å². The van der Waals surface area contributed by atoms with Gasteiger partial charge in [0.15, 0.2) is 0 Å². The number of rotatable bonds is 6. The molecule has 0 bridgehead atoms. The van der Waals surface area contributed by atoms with Crippen molar-refractivity contribution in [1.29, 1.82) is 0 Å². The molecule has 0 aliphatic rings. The van der Waals surface area contributed by atoms with Gasteiger partial charge in [-0.3, -0.25) is 10.1 Å². The number of sulfonamides is 1. The van der Waals surface area contributed by atoms with Crippen LogP contribution in [0.4, 0.5) is 11.6 Å². The number of benzene rings is 2. The first-order chi connectivity index (χ1) is 12.3. The van der Waals surface area contributed by atoms with E-state index >= 15 is 0 Å². The van der Waals surface area contributed by atoms with Crippen molar-refractivity contribution in [3.8, 4) is 0 Å². The molecular formula is C16H15N5O4S. The second-order valence-corrected chi connectivity index (χ2v) is 7.23. The highest BCUT2D eigenvalue weighted by atomic mass is 32.2. The van der Waals surface area contributed by atoms with Crippen LogP contribution in [0.3, 0.4) is 0 Å². The smallest absolute Gasteiger partial charge is 0.258 e. The summed E-state index contributed by atoms with van der Waals surface area (Å²) in [7, 11) is -3.93. The summed E-state index contributed by atoms with van der Waals surface area (Å²) in [4.78, 5) is 13.9. The Kier molecular flexibility index (Phi) is 4.67. The number of aromatic nitrogens is 3. The largest absolute Gasteiger partial charge is 0.269 e. The fourth-order valence-electron chi connectivity index (χ4n) is 2.31. The summed E-state index contributed by atoms with van der Waals surface area (Å²) < 4.78 is 28.5. The second-order valence-electron chi connectivity index (χ2n) is 5.55. The average molecular weight is 373 g/mol. The van der Waals surface area contributed by atoms with Crippen LogP contribution in [-0.2, 0) is 16.6 Å². The van der Waals surface area contributed by atoms with Gasteiger partial charge in [-0.1, -0.05) is 24.3 Å². The molecule has 0 amide bonds. The normalized spacial score (nSPS) is 11.3. The van der Waals surface area contributed by atoms with E-state index in [1.807, 2.05) is 31.2 Å². The van der Waals surface area contributed by atoms with E-state index in [9.17, 15) is 18.5 Å². The van der Waals surface area contributed by atoms with Gasteiger partial charge in [-0.25, -0.2) is 17.8 Å². The number of hydrogen-bond donors (Lipinski definition) is 1. The highest BCUT2D eigenvalue weighted by Gasteiger charge is 2.18. The summed E-state index contributed by atoms with van der Waals surface area (Å²) >= 11 is 0. The highest BCUT2D eigenvalue weighted by Crippen LogP contribution is 2.18. The van der Waals surface area contributed by atoms with Crippen molar-refractivity contribution in [3.05, 3.63) is 76.1 Å². The molecule has 1 heterocycles. The Morgan fingerprint density at radius 2 is 1.85 bits per heavy atom. The second kappa shape index (κ2) is 6.92. The Morgan fingerprint density at radius 3 is 2.50 bits per heavy atom. The van der Waals surface area contributed by atoms with Crippen molar-refractivity contribution in [2.24, 2.45) is 0 Å². The molecule has 0 saturated heterocycles. The van der Waals surface area contributed by atoms with Crippen LogP contribution < -0.4 is 4.72 Å². The Morgan fingerprint density at radius 1 is 1.15 bits per heavy atom. The average Bonchev–Trinajstić information content (AvgIpc) is 3.03. The number of nitrogens with one attached hydrogen (secondary N) is 1. The number of anilines is 1. The van der Waals surface area contributed by atoms with Crippen LogP contribution in [0.5, 0.6) is 0 Å². The molecule has 0 spiro atoms. The van der Waals surface area contributed by atoms with E-state index in [0.29, 0.717) is 6.54 Å². The van der Waals surface area contributed by atoms with E-state index in [1.54, 1.807) is 0 Å². The van der Waals surface area contributed by atoms with Crippen LogP contribution in [0.25, 0.3) is 0 Å². The van der Waals surface area contributed by atoms with E-state index < -0.39 is 14.9 Å². The van der Waals surface area contributed by atoms with Gasteiger partial charge >= 0.3 is 0 Å². The van der Waals surface area contributed by atoms with Crippen LogP contribution in [0.15, 0.2) is 59.8 Å². The van der Waals surface area contributed by atoms with Gasteiger partial charge in [0.1, 0.15) is 6.33 Å². The van der Waals surface area contributed by atoms with Crippen LogP contribution in [-0.4, -0.2) is 28.1 Å². The van der Waals surface area contributed by atoms with Crippen molar-refractivity contribution in [2.75, 3.05) is 4.72 Å². The lowest BCUT2D eigenvalue weighted by molar-refractivity contribution is -0.384. The molecule has 0 fully saturated rings. The summed E-state index contributed by atoms with van der Waals surface area (Å²) in [5, 5.41) is 14.8. The molecule has 0 aliphatic carbocycles.